The summed E-state index contributed by atoms with van der Waals surface area (Å²) in [5.41, 5.74) is 2.01. The summed E-state index contributed by atoms with van der Waals surface area (Å²) in [7, 11) is 0. The molecule has 0 aliphatic rings. The van der Waals surface area contributed by atoms with Crippen LogP contribution in [0.25, 0.3) is 17.2 Å². The highest BCUT2D eigenvalue weighted by atomic mass is 35.5. The third kappa shape index (κ3) is 5.32. The van der Waals surface area contributed by atoms with Gasteiger partial charge in [0.1, 0.15) is 5.52 Å². The number of esters is 1. The molecule has 0 aliphatic carbocycles. The Morgan fingerprint density at radius 2 is 2.00 bits per heavy atom. The van der Waals surface area contributed by atoms with Crippen molar-refractivity contribution in [1.29, 1.82) is 0 Å². The van der Waals surface area contributed by atoms with Crippen molar-refractivity contribution >= 4 is 52.3 Å². The van der Waals surface area contributed by atoms with Crippen molar-refractivity contribution in [2.24, 2.45) is 0 Å². The number of carbonyl (C=O) groups excluding carboxylic acids is 2. The van der Waals surface area contributed by atoms with Crippen LogP contribution >= 0.6 is 23.2 Å². The monoisotopic (exact) mass is 404 g/mol. The fourth-order valence-electron chi connectivity index (χ4n) is 2.20. The summed E-state index contributed by atoms with van der Waals surface area (Å²) >= 11 is 11.8. The fourth-order valence-corrected chi connectivity index (χ4v) is 2.67. The summed E-state index contributed by atoms with van der Waals surface area (Å²) in [6.07, 6.45) is 2.53. The fraction of sp³-hybridized carbons (Fsp3) is 0.105. The van der Waals surface area contributed by atoms with E-state index in [0.717, 1.165) is 6.08 Å². The maximum absolute atomic E-state index is 11.8. The first kappa shape index (κ1) is 18.9. The highest BCUT2D eigenvalue weighted by molar-refractivity contribution is 6.35. The van der Waals surface area contributed by atoms with Crippen molar-refractivity contribution in [3.63, 3.8) is 0 Å². The molecule has 3 rings (SSSR count). The van der Waals surface area contributed by atoms with Gasteiger partial charge in [0, 0.05) is 28.7 Å². The second kappa shape index (κ2) is 8.70. The minimum atomic E-state index is -0.683. The Hall–Kier alpha value is -2.83. The van der Waals surface area contributed by atoms with E-state index < -0.39 is 18.5 Å². The molecule has 0 saturated heterocycles. The SMILES string of the molecule is O=C(COC(=O)/C=C/c1nc2ccccc2o1)NCc1ccc(Cl)cc1Cl. The van der Waals surface area contributed by atoms with Crippen LogP contribution in [0.3, 0.4) is 0 Å². The van der Waals surface area contributed by atoms with Gasteiger partial charge in [-0.25, -0.2) is 9.78 Å². The van der Waals surface area contributed by atoms with Crippen molar-refractivity contribution in [3.05, 3.63) is 70.0 Å². The molecule has 1 amide bonds. The lowest BCUT2D eigenvalue weighted by atomic mass is 10.2. The van der Waals surface area contributed by atoms with Crippen LogP contribution in [0.5, 0.6) is 0 Å². The number of halogens is 2. The molecule has 1 N–H and O–H groups in total. The molecule has 0 fully saturated rings. The Kier molecular flexibility index (Phi) is 6.11. The van der Waals surface area contributed by atoms with Gasteiger partial charge in [-0.3, -0.25) is 4.79 Å². The van der Waals surface area contributed by atoms with E-state index in [-0.39, 0.29) is 12.4 Å². The molecule has 1 heterocycles. The first-order valence-corrected chi connectivity index (χ1v) is 8.68. The molecular weight excluding hydrogens is 391 g/mol. The molecule has 0 saturated carbocycles. The number of ether oxygens (including phenoxy) is 1. The lowest BCUT2D eigenvalue weighted by molar-refractivity contribution is -0.143. The average molecular weight is 405 g/mol. The number of carbonyl (C=O) groups is 2. The van der Waals surface area contributed by atoms with Gasteiger partial charge in [-0.2, -0.15) is 0 Å². The zero-order valence-corrected chi connectivity index (χ0v) is 15.5. The summed E-state index contributed by atoms with van der Waals surface area (Å²) in [6, 6.07) is 12.2. The highest BCUT2D eigenvalue weighted by Gasteiger charge is 2.08. The maximum atomic E-state index is 11.8. The summed E-state index contributed by atoms with van der Waals surface area (Å²) in [4.78, 5) is 27.7. The van der Waals surface area contributed by atoms with Crippen molar-refractivity contribution < 1.29 is 18.7 Å². The Morgan fingerprint density at radius 1 is 1.19 bits per heavy atom. The van der Waals surface area contributed by atoms with Crippen LogP contribution in [0.15, 0.2) is 53.0 Å². The van der Waals surface area contributed by atoms with E-state index in [1.807, 2.05) is 12.1 Å². The van der Waals surface area contributed by atoms with E-state index in [9.17, 15) is 9.59 Å². The molecule has 138 valence electrons. The van der Waals surface area contributed by atoms with Gasteiger partial charge in [0.2, 0.25) is 5.89 Å². The zero-order chi connectivity index (χ0) is 19.2. The molecule has 0 unspecified atom stereocenters. The number of amides is 1. The highest BCUT2D eigenvalue weighted by Crippen LogP contribution is 2.20. The van der Waals surface area contributed by atoms with Gasteiger partial charge in [0.15, 0.2) is 12.2 Å². The van der Waals surface area contributed by atoms with E-state index >= 15 is 0 Å². The van der Waals surface area contributed by atoms with Crippen molar-refractivity contribution in [3.8, 4) is 0 Å². The van der Waals surface area contributed by atoms with Gasteiger partial charge in [-0.15, -0.1) is 0 Å². The summed E-state index contributed by atoms with van der Waals surface area (Å²) < 4.78 is 10.3. The van der Waals surface area contributed by atoms with Crippen LogP contribution in [0.2, 0.25) is 10.0 Å². The van der Waals surface area contributed by atoms with Crippen molar-refractivity contribution in [2.75, 3.05) is 6.61 Å². The quantitative estimate of drug-likeness (QED) is 0.495. The Labute approximate surface area is 164 Å². The van der Waals surface area contributed by atoms with Gasteiger partial charge in [0.25, 0.3) is 5.91 Å². The molecule has 0 bridgehead atoms. The average Bonchev–Trinajstić information content (AvgIpc) is 3.07. The van der Waals surface area contributed by atoms with Gasteiger partial charge in [-0.1, -0.05) is 41.4 Å². The molecule has 0 atom stereocenters. The van der Waals surface area contributed by atoms with E-state index in [1.165, 1.54) is 6.08 Å². The number of aromatic nitrogens is 1. The van der Waals surface area contributed by atoms with Crippen LogP contribution in [0.4, 0.5) is 0 Å². The number of fused-ring (bicyclic) bond motifs is 1. The molecule has 3 aromatic rings. The minimum absolute atomic E-state index is 0.200. The van der Waals surface area contributed by atoms with Crippen LogP contribution in [-0.2, 0) is 20.9 Å². The Bertz CT molecular complexity index is 981. The topological polar surface area (TPSA) is 81.4 Å². The van der Waals surface area contributed by atoms with E-state index in [2.05, 4.69) is 10.3 Å². The second-order valence-electron chi connectivity index (χ2n) is 5.47. The Morgan fingerprint density at radius 3 is 2.78 bits per heavy atom. The first-order chi connectivity index (χ1) is 13.0. The zero-order valence-electron chi connectivity index (χ0n) is 13.9. The van der Waals surface area contributed by atoms with Gasteiger partial charge < -0.3 is 14.5 Å². The molecule has 8 heteroatoms. The number of nitrogens with zero attached hydrogens (tertiary/aromatic N) is 1. The molecular formula is C19H14Cl2N2O4. The molecule has 1 aromatic heterocycles. The molecule has 6 nitrogen and oxygen atoms in total. The predicted octanol–water partition coefficient (Wildman–Crippen LogP) is 4.01. The summed E-state index contributed by atoms with van der Waals surface area (Å²) in [5.74, 6) is -0.864. The van der Waals surface area contributed by atoms with Crippen LogP contribution < -0.4 is 5.32 Å². The second-order valence-corrected chi connectivity index (χ2v) is 6.32. The lowest BCUT2D eigenvalue weighted by Crippen LogP contribution is -2.28. The summed E-state index contributed by atoms with van der Waals surface area (Å²) in [5, 5.41) is 3.56. The smallest absolute Gasteiger partial charge is 0.331 e. The number of para-hydroxylation sites is 2. The minimum Gasteiger partial charge on any atom is -0.452 e. The summed E-state index contributed by atoms with van der Waals surface area (Å²) in [6.45, 7) is -0.215. The van der Waals surface area contributed by atoms with Crippen LogP contribution in [0.1, 0.15) is 11.5 Å². The maximum Gasteiger partial charge on any atom is 0.331 e. The van der Waals surface area contributed by atoms with Crippen molar-refractivity contribution in [2.45, 2.75) is 6.54 Å². The van der Waals surface area contributed by atoms with Gasteiger partial charge in [0.05, 0.1) is 0 Å². The molecule has 2 aromatic carbocycles. The van der Waals surface area contributed by atoms with Crippen LogP contribution in [0, 0.1) is 0 Å². The van der Waals surface area contributed by atoms with Gasteiger partial charge >= 0.3 is 5.97 Å². The number of nitrogens with one attached hydrogen (secondary N) is 1. The first-order valence-electron chi connectivity index (χ1n) is 7.92. The molecule has 27 heavy (non-hydrogen) atoms. The van der Waals surface area contributed by atoms with E-state index in [4.69, 9.17) is 32.4 Å². The van der Waals surface area contributed by atoms with Gasteiger partial charge in [-0.05, 0) is 29.8 Å². The number of hydrogen-bond acceptors (Lipinski definition) is 5. The predicted molar refractivity (Wildman–Crippen MR) is 102 cm³/mol. The lowest BCUT2D eigenvalue weighted by Gasteiger charge is -2.07. The molecule has 0 spiro atoms. The molecule has 0 aliphatic heterocycles. The number of hydrogen-bond donors (Lipinski definition) is 1. The largest absolute Gasteiger partial charge is 0.452 e. The van der Waals surface area contributed by atoms with E-state index in [1.54, 1.807) is 30.3 Å². The normalized spacial score (nSPS) is 11.0. The molecule has 0 radical (unpaired) electrons. The number of rotatable bonds is 6. The number of benzene rings is 2. The van der Waals surface area contributed by atoms with Crippen molar-refractivity contribution in [1.82, 2.24) is 10.3 Å². The standard InChI is InChI=1S/C19H14Cl2N2O4/c20-13-6-5-12(14(21)9-13)10-22-17(24)11-26-19(25)8-7-18-23-15-3-1-2-4-16(15)27-18/h1-9H,10-11H2,(H,22,24)/b8-7+. The Balaban J connectivity index is 1.46. The third-order valence-corrected chi connectivity index (χ3v) is 4.10. The van der Waals surface area contributed by atoms with Crippen LogP contribution in [-0.4, -0.2) is 23.5 Å². The van der Waals surface area contributed by atoms with E-state index in [0.29, 0.717) is 26.7 Å². The third-order valence-electron chi connectivity index (χ3n) is 3.51. The number of oxazole rings is 1.